The van der Waals surface area contributed by atoms with Crippen molar-refractivity contribution in [3.63, 3.8) is 0 Å². The molecule has 3 N–H and O–H groups in total. The lowest BCUT2D eigenvalue weighted by atomic mass is 9.96. The first-order chi connectivity index (χ1) is 14.1. The summed E-state index contributed by atoms with van der Waals surface area (Å²) >= 11 is 1.24. The van der Waals surface area contributed by atoms with Crippen LogP contribution in [0.5, 0.6) is 0 Å². The number of rotatable bonds is 7. The summed E-state index contributed by atoms with van der Waals surface area (Å²) in [5.41, 5.74) is 2.05. The summed E-state index contributed by atoms with van der Waals surface area (Å²) in [6.45, 7) is 3.96. The van der Waals surface area contributed by atoms with Crippen LogP contribution in [-0.4, -0.2) is 29.6 Å². The molecule has 30 heavy (non-hydrogen) atoms. The first-order valence-electron chi connectivity index (χ1n) is 9.23. The SMILES string of the molecule is CC(C)[C@@H](NC(=O)CSc1nc2cc(S(N)(=O)=O)ccc2n1C)c1ccc(F)cc1. The number of primary sulfonamides is 1. The average molecular weight is 451 g/mol. The smallest absolute Gasteiger partial charge is 0.238 e. The van der Waals surface area contributed by atoms with Gasteiger partial charge in [-0.25, -0.2) is 22.9 Å². The number of carbonyl (C=O) groups excluding carboxylic acids is 1. The van der Waals surface area contributed by atoms with Crippen molar-refractivity contribution in [2.75, 3.05) is 5.75 Å². The normalized spacial score (nSPS) is 13.0. The summed E-state index contributed by atoms with van der Waals surface area (Å²) < 4.78 is 38.1. The van der Waals surface area contributed by atoms with E-state index in [1.165, 1.54) is 36.0 Å². The monoisotopic (exact) mass is 450 g/mol. The minimum absolute atomic E-state index is 0.0125. The van der Waals surface area contributed by atoms with Crippen LogP contribution in [0, 0.1) is 11.7 Å². The minimum atomic E-state index is -3.82. The van der Waals surface area contributed by atoms with E-state index in [0.717, 1.165) is 11.1 Å². The van der Waals surface area contributed by atoms with Gasteiger partial charge in [0, 0.05) is 7.05 Å². The highest BCUT2D eigenvalue weighted by atomic mass is 32.2. The van der Waals surface area contributed by atoms with Gasteiger partial charge in [-0.3, -0.25) is 4.79 Å². The Balaban J connectivity index is 1.72. The molecule has 0 saturated carbocycles. The lowest BCUT2D eigenvalue weighted by Gasteiger charge is -2.23. The van der Waals surface area contributed by atoms with Crippen LogP contribution in [-0.2, 0) is 21.9 Å². The summed E-state index contributed by atoms with van der Waals surface area (Å²) in [6, 6.07) is 10.3. The van der Waals surface area contributed by atoms with Crippen molar-refractivity contribution in [2.45, 2.75) is 29.9 Å². The van der Waals surface area contributed by atoms with E-state index in [0.29, 0.717) is 10.7 Å². The Hall–Kier alpha value is -2.43. The number of nitrogens with zero attached hydrogens (tertiary/aromatic N) is 2. The molecule has 7 nitrogen and oxygen atoms in total. The molecule has 1 atom stereocenters. The fourth-order valence-electron chi connectivity index (χ4n) is 3.11. The van der Waals surface area contributed by atoms with Gasteiger partial charge in [0.05, 0.1) is 27.7 Å². The van der Waals surface area contributed by atoms with E-state index >= 15 is 0 Å². The average Bonchev–Trinajstić information content (AvgIpc) is 2.99. The van der Waals surface area contributed by atoms with Gasteiger partial charge in [0.2, 0.25) is 15.9 Å². The van der Waals surface area contributed by atoms with Crippen molar-refractivity contribution >= 4 is 38.7 Å². The van der Waals surface area contributed by atoms with Crippen molar-refractivity contribution in [3.8, 4) is 0 Å². The maximum absolute atomic E-state index is 13.2. The highest BCUT2D eigenvalue weighted by Gasteiger charge is 2.20. The second-order valence-corrected chi connectivity index (χ2v) is 9.78. The molecule has 2 aromatic carbocycles. The molecule has 3 aromatic rings. The molecule has 0 spiro atoms. The molecule has 0 aliphatic carbocycles. The molecule has 1 heterocycles. The van der Waals surface area contributed by atoms with Gasteiger partial charge in [0.1, 0.15) is 5.82 Å². The maximum atomic E-state index is 13.2. The second kappa shape index (κ2) is 8.75. The highest BCUT2D eigenvalue weighted by Crippen LogP contribution is 2.26. The number of hydrogen-bond donors (Lipinski definition) is 2. The topological polar surface area (TPSA) is 107 Å². The number of nitrogens with one attached hydrogen (secondary N) is 1. The van der Waals surface area contributed by atoms with Crippen molar-refractivity contribution in [1.29, 1.82) is 0 Å². The number of sulfonamides is 1. The number of aromatic nitrogens is 2. The Morgan fingerprint density at radius 2 is 1.90 bits per heavy atom. The second-order valence-electron chi connectivity index (χ2n) is 7.28. The quantitative estimate of drug-likeness (QED) is 0.538. The molecule has 0 unspecified atom stereocenters. The number of nitrogens with two attached hydrogens (primary N) is 1. The number of halogens is 1. The molecule has 1 aromatic heterocycles. The van der Waals surface area contributed by atoms with Crippen LogP contribution in [0.2, 0.25) is 0 Å². The predicted molar refractivity (Wildman–Crippen MR) is 115 cm³/mol. The van der Waals surface area contributed by atoms with E-state index in [-0.39, 0.29) is 34.3 Å². The minimum Gasteiger partial charge on any atom is -0.348 e. The van der Waals surface area contributed by atoms with Crippen LogP contribution in [0.15, 0.2) is 52.5 Å². The molecule has 0 bridgehead atoms. The van der Waals surface area contributed by atoms with Crippen LogP contribution < -0.4 is 10.5 Å². The summed E-state index contributed by atoms with van der Waals surface area (Å²) in [7, 11) is -2.02. The molecule has 0 fully saturated rings. The van der Waals surface area contributed by atoms with Crippen LogP contribution in [0.25, 0.3) is 11.0 Å². The molecule has 0 saturated heterocycles. The number of imidazole rings is 1. The van der Waals surface area contributed by atoms with Gasteiger partial charge in [-0.05, 0) is 41.8 Å². The third-order valence-electron chi connectivity index (χ3n) is 4.68. The zero-order valence-electron chi connectivity index (χ0n) is 16.8. The maximum Gasteiger partial charge on any atom is 0.238 e. The predicted octanol–water partition coefficient (Wildman–Crippen LogP) is 2.97. The van der Waals surface area contributed by atoms with E-state index in [9.17, 15) is 17.6 Å². The van der Waals surface area contributed by atoms with Crippen molar-refractivity contribution < 1.29 is 17.6 Å². The van der Waals surface area contributed by atoms with Gasteiger partial charge in [-0.2, -0.15) is 0 Å². The van der Waals surface area contributed by atoms with E-state index in [1.54, 1.807) is 29.8 Å². The first-order valence-corrected chi connectivity index (χ1v) is 11.8. The molecule has 3 rings (SSSR count). The number of benzene rings is 2. The number of fused-ring (bicyclic) bond motifs is 1. The summed E-state index contributed by atoms with van der Waals surface area (Å²) in [5.74, 6) is -0.253. The van der Waals surface area contributed by atoms with Gasteiger partial charge in [0.25, 0.3) is 0 Å². The number of carbonyl (C=O) groups is 1. The van der Waals surface area contributed by atoms with E-state index in [4.69, 9.17) is 5.14 Å². The third-order valence-corrected chi connectivity index (χ3v) is 6.63. The van der Waals surface area contributed by atoms with Crippen LogP contribution >= 0.6 is 11.8 Å². The fourth-order valence-corrected chi connectivity index (χ4v) is 4.45. The number of hydrogen-bond acceptors (Lipinski definition) is 5. The Bertz CT molecular complexity index is 1170. The Kier molecular flexibility index (Phi) is 6.49. The number of aryl methyl sites for hydroxylation is 1. The lowest BCUT2D eigenvalue weighted by molar-refractivity contribution is -0.119. The van der Waals surface area contributed by atoms with E-state index in [1.807, 2.05) is 13.8 Å². The highest BCUT2D eigenvalue weighted by molar-refractivity contribution is 7.99. The van der Waals surface area contributed by atoms with Gasteiger partial charge >= 0.3 is 0 Å². The molecular formula is C20H23FN4O3S2. The zero-order valence-corrected chi connectivity index (χ0v) is 18.4. The van der Waals surface area contributed by atoms with Gasteiger partial charge in [-0.15, -0.1) is 0 Å². The van der Waals surface area contributed by atoms with Crippen molar-refractivity contribution in [1.82, 2.24) is 14.9 Å². The van der Waals surface area contributed by atoms with E-state index < -0.39 is 10.0 Å². The number of thioether (sulfide) groups is 1. The summed E-state index contributed by atoms with van der Waals surface area (Å²) in [4.78, 5) is 17.0. The lowest BCUT2D eigenvalue weighted by Crippen LogP contribution is -2.33. The Morgan fingerprint density at radius 3 is 2.50 bits per heavy atom. The Labute approximate surface area is 178 Å². The third kappa shape index (κ3) is 5.00. The van der Waals surface area contributed by atoms with Crippen molar-refractivity contribution in [2.24, 2.45) is 18.1 Å². The molecule has 0 aliphatic heterocycles. The molecule has 160 valence electrons. The Morgan fingerprint density at radius 1 is 1.23 bits per heavy atom. The summed E-state index contributed by atoms with van der Waals surface area (Å²) in [5, 5.41) is 8.74. The largest absolute Gasteiger partial charge is 0.348 e. The molecule has 1 amide bonds. The van der Waals surface area contributed by atoms with Gasteiger partial charge in [0.15, 0.2) is 5.16 Å². The fraction of sp³-hybridized carbons (Fsp3) is 0.300. The number of amides is 1. The van der Waals surface area contributed by atoms with E-state index in [2.05, 4.69) is 10.3 Å². The summed E-state index contributed by atoms with van der Waals surface area (Å²) in [6.07, 6.45) is 0. The van der Waals surface area contributed by atoms with Crippen LogP contribution in [0.3, 0.4) is 0 Å². The molecule has 0 radical (unpaired) electrons. The van der Waals surface area contributed by atoms with Gasteiger partial charge < -0.3 is 9.88 Å². The van der Waals surface area contributed by atoms with Crippen LogP contribution in [0.1, 0.15) is 25.5 Å². The standard InChI is InChI=1S/C20H23FN4O3S2/c1-12(2)19(13-4-6-14(21)7-5-13)24-18(26)11-29-20-23-16-10-15(30(22,27)28)8-9-17(16)25(20)3/h4-10,12,19H,11H2,1-3H3,(H,24,26)(H2,22,27,28)/t19-/m1/s1. The van der Waals surface area contributed by atoms with Gasteiger partial charge in [-0.1, -0.05) is 37.7 Å². The molecule has 0 aliphatic rings. The molecular weight excluding hydrogens is 427 g/mol. The van der Waals surface area contributed by atoms with Crippen LogP contribution in [0.4, 0.5) is 4.39 Å². The first kappa shape index (κ1) is 22.3. The molecule has 10 heteroatoms. The zero-order chi connectivity index (χ0) is 22.1. The van der Waals surface area contributed by atoms with Crippen molar-refractivity contribution in [3.05, 3.63) is 53.8 Å².